The maximum Gasteiger partial charge on any atom is 0.186 e. The second-order valence-corrected chi connectivity index (χ2v) is 3.38. The lowest BCUT2D eigenvalue weighted by atomic mass is 10.3. The van der Waals surface area contributed by atoms with Crippen molar-refractivity contribution in [3.8, 4) is 6.07 Å². The van der Waals surface area contributed by atoms with Crippen molar-refractivity contribution in [1.29, 1.82) is 5.26 Å². The first-order valence-corrected chi connectivity index (χ1v) is 4.41. The van der Waals surface area contributed by atoms with E-state index in [0.717, 1.165) is 0 Å². The molecule has 6 heteroatoms. The number of anilines is 1. The van der Waals surface area contributed by atoms with Crippen LogP contribution >= 0.6 is 0 Å². The highest BCUT2D eigenvalue weighted by atomic mass is 16.1. The van der Waals surface area contributed by atoms with E-state index in [1.165, 1.54) is 4.68 Å². The van der Waals surface area contributed by atoms with Crippen molar-refractivity contribution in [2.24, 2.45) is 7.05 Å². The average molecular weight is 207 g/mol. The van der Waals surface area contributed by atoms with Gasteiger partial charge in [0.1, 0.15) is 17.5 Å². The Morgan fingerprint density at radius 2 is 2.33 bits per heavy atom. The van der Waals surface area contributed by atoms with E-state index in [2.05, 4.69) is 10.4 Å². The molecule has 1 N–H and O–H groups in total. The number of nitrogens with one attached hydrogen (secondary N) is 1. The summed E-state index contributed by atoms with van der Waals surface area (Å²) in [4.78, 5) is 12.7. The second-order valence-electron chi connectivity index (χ2n) is 3.38. The number of hydrogen-bond donors (Lipinski definition) is 1. The third kappa shape index (κ3) is 2.33. The third-order valence-corrected chi connectivity index (χ3v) is 1.88. The van der Waals surface area contributed by atoms with Crippen LogP contribution in [0, 0.1) is 11.3 Å². The van der Waals surface area contributed by atoms with Crippen molar-refractivity contribution in [3.63, 3.8) is 0 Å². The van der Waals surface area contributed by atoms with Gasteiger partial charge in [-0.1, -0.05) is 0 Å². The molecule has 0 aliphatic rings. The molecular formula is C9H13N5O. The number of aldehydes is 1. The summed E-state index contributed by atoms with van der Waals surface area (Å²) >= 11 is 0. The first kappa shape index (κ1) is 11.2. The third-order valence-electron chi connectivity index (χ3n) is 1.88. The van der Waals surface area contributed by atoms with Crippen LogP contribution in [0.25, 0.3) is 0 Å². The van der Waals surface area contributed by atoms with Gasteiger partial charge in [0.2, 0.25) is 0 Å². The van der Waals surface area contributed by atoms with Crippen LogP contribution in [0.4, 0.5) is 5.69 Å². The highest BCUT2D eigenvalue weighted by molar-refractivity contribution is 5.84. The van der Waals surface area contributed by atoms with Crippen molar-refractivity contribution < 1.29 is 4.79 Å². The fourth-order valence-corrected chi connectivity index (χ4v) is 1.16. The quantitative estimate of drug-likeness (QED) is 0.557. The minimum Gasteiger partial charge on any atom is -0.368 e. The van der Waals surface area contributed by atoms with Gasteiger partial charge in [-0.15, -0.1) is 0 Å². The fraction of sp³-hybridized carbons (Fsp3) is 0.444. The zero-order valence-electron chi connectivity index (χ0n) is 8.98. The summed E-state index contributed by atoms with van der Waals surface area (Å²) in [5.74, 6) is 0. The smallest absolute Gasteiger partial charge is 0.186 e. The Bertz CT molecular complexity index is 401. The Labute approximate surface area is 88.1 Å². The number of carbonyl (C=O) groups is 1. The van der Waals surface area contributed by atoms with Gasteiger partial charge in [-0.25, -0.2) is 0 Å². The van der Waals surface area contributed by atoms with E-state index in [9.17, 15) is 4.79 Å². The lowest BCUT2D eigenvalue weighted by Crippen LogP contribution is -2.21. The molecule has 0 aliphatic carbocycles. The van der Waals surface area contributed by atoms with Crippen LogP contribution < -0.4 is 5.32 Å². The lowest BCUT2D eigenvalue weighted by Gasteiger charge is -2.11. The van der Waals surface area contributed by atoms with Gasteiger partial charge in [0.15, 0.2) is 12.0 Å². The number of aryl methyl sites for hydroxylation is 1. The van der Waals surface area contributed by atoms with E-state index in [-0.39, 0.29) is 5.69 Å². The normalized spacial score (nSPS) is 10.1. The average Bonchev–Trinajstić information content (AvgIpc) is 2.50. The van der Waals surface area contributed by atoms with Crippen molar-refractivity contribution in [2.75, 3.05) is 26.1 Å². The number of aromatic nitrogens is 2. The van der Waals surface area contributed by atoms with Crippen molar-refractivity contribution in [2.45, 2.75) is 0 Å². The highest BCUT2D eigenvalue weighted by Gasteiger charge is 2.14. The minimum atomic E-state index is 0.237. The molecule has 0 amide bonds. The van der Waals surface area contributed by atoms with Crippen LogP contribution in [-0.4, -0.2) is 41.7 Å². The molecule has 0 spiro atoms. The summed E-state index contributed by atoms with van der Waals surface area (Å²) in [6.07, 6.45) is 0.686. The predicted molar refractivity (Wildman–Crippen MR) is 55.5 cm³/mol. The lowest BCUT2D eigenvalue weighted by molar-refractivity contribution is 0.111. The molecule has 80 valence electrons. The van der Waals surface area contributed by atoms with Crippen molar-refractivity contribution in [1.82, 2.24) is 14.7 Å². The number of carbonyl (C=O) groups excluding carboxylic acids is 1. The number of nitriles is 1. The SMILES string of the molecule is CN(C)CNc1c(C#N)nn(C)c1C=O. The van der Waals surface area contributed by atoms with Crippen LogP contribution in [0.5, 0.6) is 0 Å². The molecular weight excluding hydrogens is 194 g/mol. The van der Waals surface area contributed by atoms with Gasteiger partial charge in [-0.05, 0) is 14.1 Å². The molecule has 0 fully saturated rings. The van der Waals surface area contributed by atoms with Gasteiger partial charge in [0.25, 0.3) is 0 Å². The van der Waals surface area contributed by atoms with E-state index >= 15 is 0 Å². The minimum absolute atomic E-state index is 0.237. The van der Waals surface area contributed by atoms with E-state index < -0.39 is 0 Å². The highest BCUT2D eigenvalue weighted by Crippen LogP contribution is 2.17. The van der Waals surface area contributed by atoms with Crippen molar-refractivity contribution >= 4 is 12.0 Å². The van der Waals surface area contributed by atoms with E-state index in [1.807, 2.05) is 25.1 Å². The van der Waals surface area contributed by atoms with E-state index in [1.54, 1.807) is 7.05 Å². The van der Waals surface area contributed by atoms with Gasteiger partial charge in [0, 0.05) is 7.05 Å². The second kappa shape index (κ2) is 4.57. The fourth-order valence-electron chi connectivity index (χ4n) is 1.16. The molecule has 0 aliphatic heterocycles. The molecule has 0 radical (unpaired) electrons. The maximum atomic E-state index is 10.8. The van der Waals surface area contributed by atoms with Crippen LogP contribution in [-0.2, 0) is 7.05 Å². The van der Waals surface area contributed by atoms with Crippen LogP contribution in [0.2, 0.25) is 0 Å². The zero-order chi connectivity index (χ0) is 11.4. The number of rotatable bonds is 4. The molecule has 0 bridgehead atoms. The zero-order valence-corrected chi connectivity index (χ0v) is 8.98. The molecule has 1 heterocycles. The Hall–Kier alpha value is -1.87. The first-order chi connectivity index (χ1) is 7.10. The monoisotopic (exact) mass is 207 g/mol. The maximum absolute atomic E-state index is 10.8. The molecule has 1 aromatic rings. The van der Waals surface area contributed by atoms with Crippen LogP contribution in [0.3, 0.4) is 0 Å². The van der Waals surface area contributed by atoms with E-state index in [0.29, 0.717) is 24.3 Å². The van der Waals surface area contributed by atoms with Crippen LogP contribution in [0.15, 0.2) is 0 Å². The van der Waals surface area contributed by atoms with Gasteiger partial charge in [-0.3, -0.25) is 14.4 Å². The molecule has 1 aromatic heterocycles. The summed E-state index contributed by atoms with van der Waals surface area (Å²) < 4.78 is 1.39. The van der Waals surface area contributed by atoms with Gasteiger partial charge in [0.05, 0.1) is 6.67 Å². The van der Waals surface area contributed by atoms with Crippen molar-refractivity contribution in [3.05, 3.63) is 11.4 Å². The van der Waals surface area contributed by atoms with Gasteiger partial charge >= 0.3 is 0 Å². The summed E-state index contributed by atoms with van der Waals surface area (Å²) in [7, 11) is 5.40. The number of nitrogens with zero attached hydrogens (tertiary/aromatic N) is 4. The van der Waals surface area contributed by atoms with Crippen LogP contribution in [0.1, 0.15) is 16.2 Å². The molecule has 6 nitrogen and oxygen atoms in total. The van der Waals surface area contributed by atoms with Gasteiger partial charge < -0.3 is 5.32 Å². The summed E-state index contributed by atoms with van der Waals surface area (Å²) in [6.45, 7) is 0.543. The molecule has 15 heavy (non-hydrogen) atoms. The Morgan fingerprint density at radius 3 is 2.80 bits per heavy atom. The molecule has 0 unspecified atom stereocenters. The predicted octanol–water partition coefficient (Wildman–Crippen LogP) is 0.0353. The molecule has 1 rings (SSSR count). The van der Waals surface area contributed by atoms with E-state index in [4.69, 9.17) is 5.26 Å². The molecule has 0 saturated carbocycles. The Balaban J connectivity index is 3.02. The standard InChI is InChI=1S/C9H13N5O/c1-13(2)6-11-9-7(4-10)12-14(3)8(9)5-15/h5,11H,6H2,1-3H3. The molecule has 0 aromatic carbocycles. The Morgan fingerprint density at radius 1 is 1.67 bits per heavy atom. The largest absolute Gasteiger partial charge is 0.368 e. The Kier molecular flexibility index (Phi) is 3.42. The summed E-state index contributed by atoms with van der Waals surface area (Å²) in [5.41, 5.74) is 1.11. The summed E-state index contributed by atoms with van der Waals surface area (Å²) in [5, 5.41) is 15.7. The number of hydrogen-bond acceptors (Lipinski definition) is 5. The molecule has 0 atom stereocenters. The summed E-state index contributed by atoms with van der Waals surface area (Å²) in [6, 6.07) is 1.94. The first-order valence-electron chi connectivity index (χ1n) is 4.41. The molecule has 0 saturated heterocycles. The van der Waals surface area contributed by atoms with Gasteiger partial charge in [-0.2, -0.15) is 10.4 Å². The topological polar surface area (TPSA) is 74.0 Å².